The smallest absolute Gasteiger partial charge is 0.203 e. The molecule has 0 radical (unpaired) electrons. The lowest BCUT2D eigenvalue weighted by Gasteiger charge is -2.14. The molecular formula is C29H31NO6. The second-order valence-corrected chi connectivity index (χ2v) is 7.80. The van der Waals surface area contributed by atoms with Gasteiger partial charge in [0.15, 0.2) is 28.8 Å². The number of anilines is 1. The van der Waals surface area contributed by atoms with E-state index in [2.05, 4.69) is 5.32 Å². The summed E-state index contributed by atoms with van der Waals surface area (Å²) < 4.78 is 27.4. The van der Waals surface area contributed by atoms with Crippen LogP contribution in [0.2, 0.25) is 0 Å². The average molecular weight is 490 g/mol. The first-order valence-corrected chi connectivity index (χ1v) is 11.2. The maximum absolute atomic E-state index is 12.5. The van der Waals surface area contributed by atoms with Crippen LogP contribution in [0, 0.1) is 6.92 Å². The predicted molar refractivity (Wildman–Crippen MR) is 143 cm³/mol. The highest BCUT2D eigenvalue weighted by Gasteiger charge is 2.13. The first-order chi connectivity index (χ1) is 17.4. The largest absolute Gasteiger partial charge is 0.493 e. The Morgan fingerprint density at radius 1 is 0.694 bits per heavy atom. The summed E-state index contributed by atoms with van der Waals surface area (Å²) in [7, 11) is 7.86. The molecule has 0 saturated carbocycles. The summed E-state index contributed by atoms with van der Waals surface area (Å²) in [6.07, 6.45) is 6.92. The molecule has 0 spiro atoms. The maximum atomic E-state index is 12.5. The minimum absolute atomic E-state index is 0.105. The van der Waals surface area contributed by atoms with E-state index >= 15 is 0 Å². The molecule has 36 heavy (non-hydrogen) atoms. The van der Waals surface area contributed by atoms with Crippen molar-refractivity contribution in [1.29, 1.82) is 0 Å². The molecular weight excluding hydrogens is 458 g/mol. The molecule has 0 aliphatic carbocycles. The zero-order valence-electron chi connectivity index (χ0n) is 21.4. The number of benzene rings is 3. The SMILES string of the molecule is COc1cc(/C=C\c2cc(OC)c(OC)c(OC)c2)cc(N/C=C\C(=O)c2ccc(C)cc2)c1OC. The zero-order chi connectivity index (χ0) is 26.1. The summed E-state index contributed by atoms with van der Waals surface area (Å²) in [6, 6.07) is 14.9. The summed E-state index contributed by atoms with van der Waals surface area (Å²) >= 11 is 0. The van der Waals surface area contributed by atoms with Crippen molar-refractivity contribution in [3.8, 4) is 28.7 Å². The number of ketones is 1. The molecule has 7 heteroatoms. The molecule has 0 amide bonds. The Kier molecular flexibility index (Phi) is 9.00. The third-order valence-corrected chi connectivity index (χ3v) is 5.47. The van der Waals surface area contributed by atoms with Gasteiger partial charge in [0.2, 0.25) is 5.75 Å². The molecule has 3 rings (SSSR count). The topological polar surface area (TPSA) is 75.3 Å². The van der Waals surface area contributed by atoms with E-state index < -0.39 is 0 Å². The minimum atomic E-state index is -0.105. The number of carbonyl (C=O) groups excluding carboxylic acids is 1. The molecule has 0 aliphatic rings. The first kappa shape index (κ1) is 26.2. The third-order valence-electron chi connectivity index (χ3n) is 5.47. The van der Waals surface area contributed by atoms with Gasteiger partial charge in [0.1, 0.15) is 0 Å². The number of allylic oxidation sites excluding steroid dienone is 1. The van der Waals surface area contributed by atoms with Gasteiger partial charge < -0.3 is 29.0 Å². The Morgan fingerprint density at radius 2 is 1.19 bits per heavy atom. The van der Waals surface area contributed by atoms with Crippen molar-refractivity contribution < 1.29 is 28.5 Å². The molecule has 0 fully saturated rings. The Balaban J connectivity index is 1.89. The summed E-state index contributed by atoms with van der Waals surface area (Å²) in [5.74, 6) is 2.62. The Morgan fingerprint density at radius 3 is 1.69 bits per heavy atom. The summed E-state index contributed by atoms with van der Waals surface area (Å²) in [5.41, 5.74) is 4.07. The van der Waals surface area contributed by atoms with E-state index in [4.69, 9.17) is 23.7 Å². The van der Waals surface area contributed by atoms with Gasteiger partial charge in [-0.1, -0.05) is 42.0 Å². The van der Waals surface area contributed by atoms with Crippen LogP contribution < -0.4 is 29.0 Å². The quantitative estimate of drug-likeness (QED) is 0.201. The molecule has 0 unspecified atom stereocenters. The average Bonchev–Trinajstić information content (AvgIpc) is 2.90. The first-order valence-electron chi connectivity index (χ1n) is 11.2. The highest BCUT2D eigenvalue weighted by molar-refractivity contribution is 6.04. The molecule has 0 heterocycles. The molecule has 0 aromatic heterocycles. The van der Waals surface area contributed by atoms with Crippen molar-refractivity contribution in [2.75, 3.05) is 40.9 Å². The lowest BCUT2D eigenvalue weighted by molar-refractivity contribution is 0.104. The van der Waals surface area contributed by atoms with E-state index in [1.807, 2.05) is 55.5 Å². The second-order valence-electron chi connectivity index (χ2n) is 7.80. The zero-order valence-corrected chi connectivity index (χ0v) is 21.4. The third kappa shape index (κ3) is 6.18. The van der Waals surface area contributed by atoms with Crippen molar-refractivity contribution in [2.45, 2.75) is 6.92 Å². The van der Waals surface area contributed by atoms with Crippen molar-refractivity contribution in [2.24, 2.45) is 0 Å². The van der Waals surface area contributed by atoms with E-state index in [9.17, 15) is 4.79 Å². The fourth-order valence-electron chi connectivity index (χ4n) is 3.60. The van der Waals surface area contributed by atoms with Crippen LogP contribution in [-0.2, 0) is 0 Å². The molecule has 188 valence electrons. The second kappa shape index (κ2) is 12.4. The van der Waals surface area contributed by atoms with Crippen molar-refractivity contribution in [1.82, 2.24) is 0 Å². The maximum Gasteiger partial charge on any atom is 0.203 e. The minimum Gasteiger partial charge on any atom is -0.493 e. The Labute approximate surface area is 211 Å². The lowest BCUT2D eigenvalue weighted by Crippen LogP contribution is -1.99. The van der Waals surface area contributed by atoms with Gasteiger partial charge in [-0.2, -0.15) is 0 Å². The van der Waals surface area contributed by atoms with Crippen molar-refractivity contribution >= 4 is 23.6 Å². The van der Waals surface area contributed by atoms with E-state index in [0.29, 0.717) is 40.0 Å². The molecule has 1 N–H and O–H groups in total. The number of ether oxygens (including phenoxy) is 5. The molecule has 3 aromatic carbocycles. The highest BCUT2D eigenvalue weighted by Crippen LogP contribution is 2.40. The number of nitrogens with one attached hydrogen (secondary N) is 1. The van der Waals surface area contributed by atoms with Crippen LogP contribution in [0.25, 0.3) is 12.2 Å². The van der Waals surface area contributed by atoms with Crippen molar-refractivity contribution in [3.63, 3.8) is 0 Å². The van der Waals surface area contributed by atoms with Crippen LogP contribution >= 0.6 is 0 Å². The molecule has 0 saturated heterocycles. The summed E-state index contributed by atoms with van der Waals surface area (Å²) in [4.78, 5) is 12.5. The van der Waals surface area contributed by atoms with E-state index in [1.165, 1.54) is 6.08 Å². The standard InChI is InChI=1S/C29H31NO6/c1-19-7-11-22(12-8-19)24(31)13-14-30-23-15-20(16-25(32-2)28(23)35-5)9-10-21-17-26(33-3)29(36-6)27(18-21)34-4/h7-18,30H,1-6H3/b10-9-,14-13-. The van der Waals surface area contributed by atoms with Gasteiger partial charge in [0, 0.05) is 17.8 Å². The van der Waals surface area contributed by atoms with Gasteiger partial charge in [-0.3, -0.25) is 4.79 Å². The summed E-state index contributed by atoms with van der Waals surface area (Å²) in [6.45, 7) is 1.98. The number of carbonyl (C=O) groups is 1. The molecule has 7 nitrogen and oxygen atoms in total. The molecule has 0 bridgehead atoms. The van der Waals surface area contributed by atoms with Crippen LogP contribution in [0.15, 0.2) is 60.8 Å². The van der Waals surface area contributed by atoms with Gasteiger partial charge in [-0.25, -0.2) is 0 Å². The van der Waals surface area contributed by atoms with Crippen molar-refractivity contribution in [3.05, 3.63) is 83.1 Å². The lowest BCUT2D eigenvalue weighted by atomic mass is 10.1. The molecule has 0 aliphatic heterocycles. The number of methoxy groups -OCH3 is 5. The van der Waals surface area contributed by atoms with E-state index in [1.54, 1.807) is 53.9 Å². The Hall–Kier alpha value is -4.39. The molecule has 3 aromatic rings. The highest BCUT2D eigenvalue weighted by atomic mass is 16.5. The van der Waals surface area contributed by atoms with E-state index in [-0.39, 0.29) is 5.78 Å². The molecule has 0 atom stereocenters. The number of hydrogen-bond donors (Lipinski definition) is 1. The van der Waals surface area contributed by atoms with Crippen LogP contribution in [0.4, 0.5) is 5.69 Å². The van der Waals surface area contributed by atoms with E-state index in [0.717, 1.165) is 16.7 Å². The van der Waals surface area contributed by atoms with Crippen LogP contribution in [0.5, 0.6) is 28.7 Å². The normalized spacial score (nSPS) is 10.9. The van der Waals surface area contributed by atoms with Gasteiger partial charge in [-0.15, -0.1) is 0 Å². The van der Waals surface area contributed by atoms with Crippen LogP contribution in [-0.4, -0.2) is 41.3 Å². The fraction of sp³-hybridized carbons (Fsp3) is 0.207. The number of rotatable bonds is 11. The monoisotopic (exact) mass is 489 g/mol. The van der Waals surface area contributed by atoms with Gasteiger partial charge in [0.25, 0.3) is 0 Å². The van der Waals surface area contributed by atoms with Gasteiger partial charge in [0.05, 0.1) is 41.2 Å². The van der Waals surface area contributed by atoms with Gasteiger partial charge >= 0.3 is 0 Å². The number of hydrogen-bond acceptors (Lipinski definition) is 7. The van der Waals surface area contributed by atoms with Crippen LogP contribution in [0.1, 0.15) is 27.0 Å². The predicted octanol–water partition coefficient (Wildman–Crippen LogP) is 6.02. The fourth-order valence-corrected chi connectivity index (χ4v) is 3.60. The van der Waals surface area contributed by atoms with Gasteiger partial charge in [-0.05, 0) is 42.3 Å². The summed E-state index contributed by atoms with van der Waals surface area (Å²) in [5, 5.41) is 3.14. The van der Waals surface area contributed by atoms with Crippen LogP contribution in [0.3, 0.4) is 0 Å². The Bertz CT molecular complexity index is 1240. The number of aryl methyl sites for hydroxylation is 1.